The van der Waals surface area contributed by atoms with Gasteiger partial charge in [0.05, 0.1) is 5.69 Å². The zero-order valence-electron chi connectivity index (χ0n) is 12.3. The number of ether oxygens (including phenoxy) is 1. The third-order valence-electron chi connectivity index (χ3n) is 2.57. The van der Waals surface area contributed by atoms with Gasteiger partial charge in [-0.15, -0.1) is 0 Å². The smallest absolute Gasteiger partial charge is 0.357 e. The average molecular weight is 319 g/mol. The van der Waals surface area contributed by atoms with Crippen LogP contribution in [-0.4, -0.2) is 49.4 Å². The van der Waals surface area contributed by atoms with Crippen LogP contribution in [-0.2, 0) is 14.8 Å². The van der Waals surface area contributed by atoms with Crippen LogP contribution >= 0.6 is 0 Å². The molecule has 0 aliphatic heterocycles. The fourth-order valence-corrected chi connectivity index (χ4v) is 3.06. The Labute approximate surface area is 123 Å². The van der Waals surface area contributed by atoms with Crippen LogP contribution in [0.5, 0.6) is 0 Å². The molecular weight excluding hydrogens is 298 g/mol. The predicted molar refractivity (Wildman–Crippen MR) is 75.7 cm³/mol. The molecule has 0 aliphatic carbocycles. The molecule has 1 heterocycles. The Hall–Kier alpha value is -1.45. The molecule has 0 saturated heterocycles. The van der Waals surface area contributed by atoms with Gasteiger partial charge in [-0.3, -0.25) is 5.10 Å². The van der Waals surface area contributed by atoms with Gasteiger partial charge in [0.2, 0.25) is 10.0 Å². The van der Waals surface area contributed by atoms with Crippen molar-refractivity contribution < 1.29 is 23.1 Å². The molecule has 9 heteroatoms. The van der Waals surface area contributed by atoms with E-state index in [1.807, 2.05) is 13.8 Å². The summed E-state index contributed by atoms with van der Waals surface area (Å²) in [5.74, 6) is -0.964. The Kier molecular flexibility index (Phi) is 6.31. The predicted octanol–water partition coefficient (Wildman–Crippen LogP) is 0.757. The molecule has 1 aromatic rings. The van der Waals surface area contributed by atoms with Gasteiger partial charge in [-0.25, -0.2) is 17.9 Å². The lowest BCUT2D eigenvalue weighted by atomic mass is 10.2. The lowest BCUT2D eigenvalue weighted by Gasteiger charge is -2.08. The van der Waals surface area contributed by atoms with Gasteiger partial charge >= 0.3 is 5.97 Å². The molecule has 0 atom stereocenters. The molecule has 1 rings (SSSR count). The van der Waals surface area contributed by atoms with Crippen molar-refractivity contribution in [3.63, 3.8) is 0 Å². The SMILES string of the molecule is Cc1[nH]nc(C(=O)O)c1S(=O)(=O)NCCCOCC(C)C. The maximum atomic E-state index is 12.1. The van der Waals surface area contributed by atoms with Gasteiger partial charge in [-0.2, -0.15) is 5.10 Å². The molecule has 0 unspecified atom stereocenters. The Morgan fingerprint density at radius 1 is 1.48 bits per heavy atom. The monoisotopic (exact) mass is 319 g/mol. The van der Waals surface area contributed by atoms with E-state index in [2.05, 4.69) is 14.9 Å². The highest BCUT2D eigenvalue weighted by molar-refractivity contribution is 7.89. The molecular formula is C12H21N3O5S. The lowest BCUT2D eigenvalue weighted by Crippen LogP contribution is -2.27. The van der Waals surface area contributed by atoms with Crippen LogP contribution < -0.4 is 4.72 Å². The van der Waals surface area contributed by atoms with Gasteiger partial charge in [-0.1, -0.05) is 13.8 Å². The molecule has 8 nitrogen and oxygen atoms in total. The molecule has 0 saturated carbocycles. The minimum Gasteiger partial charge on any atom is -0.476 e. The van der Waals surface area contributed by atoms with E-state index < -0.39 is 21.7 Å². The number of nitrogens with zero attached hydrogens (tertiary/aromatic N) is 1. The highest BCUT2D eigenvalue weighted by atomic mass is 32.2. The first-order valence-corrected chi connectivity index (χ1v) is 8.09. The van der Waals surface area contributed by atoms with Crippen LogP contribution in [0.3, 0.4) is 0 Å². The maximum Gasteiger partial charge on any atom is 0.357 e. The fourth-order valence-electron chi connectivity index (χ4n) is 1.66. The van der Waals surface area contributed by atoms with Crippen LogP contribution in [0.2, 0.25) is 0 Å². The van der Waals surface area contributed by atoms with Crippen LogP contribution in [0, 0.1) is 12.8 Å². The fraction of sp³-hybridized carbons (Fsp3) is 0.667. The molecule has 3 N–H and O–H groups in total. The summed E-state index contributed by atoms with van der Waals surface area (Å²) in [4.78, 5) is 10.6. The minimum absolute atomic E-state index is 0.171. The molecule has 0 radical (unpaired) electrons. The van der Waals surface area contributed by atoms with Gasteiger partial charge in [0.25, 0.3) is 0 Å². The Morgan fingerprint density at radius 3 is 2.71 bits per heavy atom. The Balaban J connectivity index is 2.59. The van der Waals surface area contributed by atoms with E-state index in [-0.39, 0.29) is 17.1 Å². The van der Waals surface area contributed by atoms with E-state index >= 15 is 0 Å². The van der Waals surface area contributed by atoms with Crippen molar-refractivity contribution in [1.29, 1.82) is 0 Å². The molecule has 0 aliphatic rings. The largest absolute Gasteiger partial charge is 0.476 e. The zero-order chi connectivity index (χ0) is 16.0. The number of hydrogen-bond donors (Lipinski definition) is 3. The Morgan fingerprint density at radius 2 is 2.14 bits per heavy atom. The number of aromatic carboxylic acids is 1. The second-order valence-electron chi connectivity index (χ2n) is 5.05. The van der Waals surface area contributed by atoms with E-state index in [1.165, 1.54) is 6.92 Å². The number of nitrogens with one attached hydrogen (secondary N) is 2. The van der Waals surface area contributed by atoms with Crippen molar-refractivity contribution in [3.05, 3.63) is 11.4 Å². The summed E-state index contributed by atoms with van der Waals surface area (Å²) in [6, 6.07) is 0. The van der Waals surface area contributed by atoms with E-state index in [4.69, 9.17) is 9.84 Å². The number of aromatic nitrogens is 2. The van der Waals surface area contributed by atoms with Gasteiger partial charge in [0.1, 0.15) is 4.90 Å². The number of aryl methyl sites for hydroxylation is 1. The number of H-pyrrole nitrogens is 1. The van der Waals surface area contributed by atoms with Crippen molar-refractivity contribution in [2.24, 2.45) is 5.92 Å². The summed E-state index contributed by atoms with van der Waals surface area (Å²) in [5.41, 5.74) is -0.313. The van der Waals surface area contributed by atoms with Crippen LogP contribution in [0.4, 0.5) is 0 Å². The van der Waals surface area contributed by atoms with E-state index in [9.17, 15) is 13.2 Å². The van der Waals surface area contributed by atoms with Gasteiger partial charge in [-0.05, 0) is 19.3 Å². The highest BCUT2D eigenvalue weighted by Crippen LogP contribution is 2.17. The highest BCUT2D eigenvalue weighted by Gasteiger charge is 2.27. The van der Waals surface area contributed by atoms with Crippen molar-refractivity contribution >= 4 is 16.0 Å². The molecule has 120 valence electrons. The molecule has 0 amide bonds. The first-order chi connectivity index (χ1) is 9.75. The van der Waals surface area contributed by atoms with Crippen LogP contribution in [0.1, 0.15) is 36.5 Å². The standard InChI is InChI=1S/C12H21N3O5S/c1-8(2)7-20-6-4-5-13-21(18,19)11-9(3)14-15-10(11)12(16)17/h8,13H,4-7H2,1-3H3,(H,14,15)(H,16,17). The summed E-state index contributed by atoms with van der Waals surface area (Å²) in [6.45, 7) is 6.74. The average Bonchev–Trinajstić information content (AvgIpc) is 2.76. The minimum atomic E-state index is -3.91. The van der Waals surface area contributed by atoms with Crippen molar-refractivity contribution in [1.82, 2.24) is 14.9 Å². The summed E-state index contributed by atoms with van der Waals surface area (Å²) < 4.78 is 31.9. The number of rotatable bonds is 9. The summed E-state index contributed by atoms with van der Waals surface area (Å²) >= 11 is 0. The summed E-state index contributed by atoms with van der Waals surface area (Å²) in [6.07, 6.45) is 0.505. The van der Waals surface area contributed by atoms with Crippen molar-refractivity contribution in [2.75, 3.05) is 19.8 Å². The van der Waals surface area contributed by atoms with Crippen LogP contribution in [0.15, 0.2) is 4.90 Å². The molecule has 21 heavy (non-hydrogen) atoms. The second kappa shape index (κ2) is 7.53. The van der Waals surface area contributed by atoms with Gasteiger partial charge in [0, 0.05) is 19.8 Å². The number of hydrogen-bond acceptors (Lipinski definition) is 5. The molecule has 1 aromatic heterocycles. The quantitative estimate of drug-likeness (QED) is 0.578. The Bertz CT molecular complexity index is 580. The molecule has 0 bridgehead atoms. The molecule has 0 aromatic carbocycles. The number of aromatic amines is 1. The number of carbonyl (C=O) groups is 1. The summed E-state index contributed by atoms with van der Waals surface area (Å²) in [7, 11) is -3.91. The lowest BCUT2D eigenvalue weighted by molar-refractivity contribution is 0.0686. The van der Waals surface area contributed by atoms with E-state index in [1.54, 1.807) is 0 Å². The zero-order valence-corrected chi connectivity index (χ0v) is 13.2. The van der Waals surface area contributed by atoms with Crippen LogP contribution in [0.25, 0.3) is 0 Å². The van der Waals surface area contributed by atoms with Gasteiger partial charge < -0.3 is 9.84 Å². The van der Waals surface area contributed by atoms with E-state index in [0.29, 0.717) is 25.6 Å². The van der Waals surface area contributed by atoms with Crippen molar-refractivity contribution in [3.8, 4) is 0 Å². The van der Waals surface area contributed by atoms with E-state index in [0.717, 1.165) is 0 Å². The second-order valence-corrected chi connectivity index (χ2v) is 6.76. The third kappa shape index (κ3) is 5.10. The number of sulfonamides is 1. The maximum absolute atomic E-state index is 12.1. The van der Waals surface area contributed by atoms with Crippen molar-refractivity contribution in [2.45, 2.75) is 32.1 Å². The molecule has 0 spiro atoms. The number of carboxylic acid groups (broad SMARTS) is 1. The van der Waals surface area contributed by atoms with Gasteiger partial charge in [0.15, 0.2) is 5.69 Å². The number of carboxylic acids is 1. The normalized spacial score (nSPS) is 12.0. The third-order valence-corrected chi connectivity index (χ3v) is 4.19. The summed E-state index contributed by atoms with van der Waals surface area (Å²) in [5, 5.41) is 14.8. The topological polar surface area (TPSA) is 121 Å². The first-order valence-electron chi connectivity index (χ1n) is 6.61. The molecule has 0 fully saturated rings. The first kappa shape index (κ1) is 17.6.